The number of likely N-dealkylation sites (tertiary alicyclic amines) is 1. The normalized spacial score (nSPS) is 28.9. The topological polar surface area (TPSA) is 148 Å². The predicted octanol–water partition coefficient (Wildman–Crippen LogP) is 1.87. The molecule has 5 rings (SSSR count). The van der Waals surface area contributed by atoms with Crippen LogP contribution in [0.5, 0.6) is 5.75 Å². The molecule has 9 nitrogen and oxygen atoms in total. The maximum absolute atomic E-state index is 13.9. The monoisotopic (exact) mass is 535 g/mol. The number of aromatic hydroxyl groups is 1. The number of ketones is 1. The number of phenols is 1. The fraction of sp³-hybridized carbons (Fsp3) is 0.533. The van der Waals surface area contributed by atoms with E-state index in [2.05, 4.69) is 16.7 Å². The third-order valence-corrected chi connectivity index (χ3v) is 8.87. The highest BCUT2D eigenvalue weighted by Crippen LogP contribution is 2.51. The molecular formula is C30H37N3O6. The molecule has 208 valence electrons. The van der Waals surface area contributed by atoms with Crippen LogP contribution in [0.25, 0.3) is 5.76 Å². The first-order valence-corrected chi connectivity index (χ1v) is 13.7. The summed E-state index contributed by atoms with van der Waals surface area (Å²) in [5, 5.41) is 44.0. The van der Waals surface area contributed by atoms with Gasteiger partial charge in [-0.05, 0) is 82.4 Å². The summed E-state index contributed by atoms with van der Waals surface area (Å²) in [6.45, 7) is 3.11. The molecular weight excluding hydrogens is 498 g/mol. The van der Waals surface area contributed by atoms with Gasteiger partial charge >= 0.3 is 0 Å². The molecule has 0 aromatic heterocycles. The zero-order valence-corrected chi connectivity index (χ0v) is 22.5. The van der Waals surface area contributed by atoms with E-state index in [-0.39, 0.29) is 34.0 Å². The van der Waals surface area contributed by atoms with Gasteiger partial charge in [0.1, 0.15) is 17.3 Å². The largest absolute Gasteiger partial charge is 0.510 e. The van der Waals surface area contributed by atoms with Crippen LogP contribution in [0.2, 0.25) is 0 Å². The summed E-state index contributed by atoms with van der Waals surface area (Å²) in [7, 11) is 3.46. The van der Waals surface area contributed by atoms with Crippen LogP contribution < -0.4 is 5.73 Å². The number of allylic oxidation sites excluding steroid dienone is 1. The number of benzene rings is 1. The zero-order valence-electron chi connectivity index (χ0n) is 22.5. The maximum atomic E-state index is 13.9. The quantitative estimate of drug-likeness (QED) is 0.367. The van der Waals surface area contributed by atoms with E-state index >= 15 is 0 Å². The van der Waals surface area contributed by atoms with Crippen molar-refractivity contribution >= 4 is 17.4 Å². The Kier molecular flexibility index (Phi) is 7.47. The summed E-state index contributed by atoms with van der Waals surface area (Å²) in [5.74, 6) is 2.23. The molecule has 6 N–H and O–H groups in total. The Labute approximate surface area is 228 Å². The fourth-order valence-corrected chi connectivity index (χ4v) is 7.12. The van der Waals surface area contributed by atoms with Gasteiger partial charge in [0.15, 0.2) is 5.78 Å². The van der Waals surface area contributed by atoms with Crippen molar-refractivity contribution in [3.63, 3.8) is 0 Å². The van der Waals surface area contributed by atoms with Crippen LogP contribution in [0, 0.1) is 29.6 Å². The first kappa shape index (κ1) is 27.3. The standard InChI is InChI=1S/C30H37N3O6/c1-32(2)25-19-15-17-14-18-16(8-4-7-13-33-11-5-3-6-12-33)9-10-20(34)22(18)26(35)21(17)27(36)23(19)28(37)24(29(25)38)30(31)39/h9-10,17,19,23,25,28,34-35,37-38H,3,5-7,11-15H2,1-2H3,(H2,31,39)/t17?,19?,23?,25-,28?/m0/s1. The van der Waals surface area contributed by atoms with Crippen molar-refractivity contribution in [2.75, 3.05) is 33.7 Å². The molecule has 1 heterocycles. The highest BCUT2D eigenvalue weighted by Gasteiger charge is 2.55. The molecule has 4 unspecified atom stereocenters. The lowest BCUT2D eigenvalue weighted by atomic mass is 9.59. The summed E-state index contributed by atoms with van der Waals surface area (Å²) >= 11 is 0. The molecule has 5 atom stereocenters. The number of nitrogens with zero attached hydrogens (tertiary/aromatic N) is 2. The number of Topliss-reactive ketones (excluding diaryl/α,β-unsaturated/α-hetero) is 1. The van der Waals surface area contributed by atoms with E-state index in [0.717, 1.165) is 19.6 Å². The third-order valence-electron chi connectivity index (χ3n) is 8.87. The second-order valence-electron chi connectivity index (χ2n) is 11.4. The van der Waals surface area contributed by atoms with Gasteiger partial charge in [0.25, 0.3) is 5.91 Å². The minimum Gasteiger partial charge on any atom is -0.510 e. The van der Waals surface area contributed by atoms with Crippen LogP contribution in [0.15, 0.2) is 29.0 Å². The molecule has 1 aliphatic heterocycles. The minimum atomic E-state index is -1.59. The van der Waals surface area contributed by atoms with Gasteiger partial charge in [-0.15, -0.1) is 0 Å². The third kappa shape index (κ3) is 4.71. The van der Waals surface area contributed by atoms with Gasteiger partial charge in [-0.3, -0.25) is 14.5 Å². The minimum absolute atomic E-state index is 0.135. The number of amides is 1. The molecule has 0 radical (unpaired) electrons. The second-order valence-corrected chi connectivity index (χ2v) is 11.4. The van der Waals surface area contributed by atoms with E-state index in [9.17, 15) is 30.0 Å². The lowest BCUT2D eigenvalue weighted by Crippen LogP contribution is -2.57. The molecule has 1 saturated heterocycles. The van der Waals surface area contributed by atoms with Crippen LogP contribution in [0.1, 0.15) is 48.8 Å². The van der Waals surface area contributed by atoms with Crippen molar-refractivity contribution in [3.8, 4) is 17.6 Å². The Morgan fingerprint density at radius 1 is 1.15 bits per heavy atom. The molecule has 39 heavy (non-hydrogen) atoms. The second kappa shape index (κ2) is 10.7. The number of hydrogen-bond donors (Lipinski definition) is 5. The number of aliphatic hydroxyl groups is 3. The van der Waals surface area contributed by atoms with Crippen molar-refractivity contribution in [2.24, 2.45) is 23.5 Å². The smallest absolute Gasteiger partial charge is 0.250 e. The lowest BCUT2D eigenvalue weighted by molar-refractivity contribution is -0.131. The number of carbonyl (C=O) groups is 2. The zero-order chi connectivity index (χ0) is 28.0. The van der Waals surface area contributed by atoms with Crippen LogP contribution in [0.3, 0.4) is 0 Å². The lowest BCUT2D eigenvalue weighted by Gasteiger charge is -2.48. The number of aliphatic hydroxyl groups excluding tert-OH is 3. The predicted molar refractivity (Wildman–Crippen MR) is 146 cm³/mol. The number of piperidine rings is 1. The van der Waals surface area contributed by atoms with E-state index in [1.54, 1.807) is 25.1 Å². The van der Waals surface area contributed by atoms with Gasteiger partial charge in [0.2, 0.25) is 0 Å². The average molecular weight is 536 g/mol. The number of hydrogen-bond acceptors (Lipinski definition) is 8. The van der Waals surface area contributed by atoms with Crippen LogP contribution >= 0.6 is 0 Å². The summed E-state index contributed by atoms with van der Waals surface area (Å²) < 4.78 is 0. The number of fused-ring (bicyclic) bond motifs is 3. The van der Waals surface area contributed by atoms with Crippen LogP contribution in [0.4, 0.5) is 0 Å². The highest BCUT2D eigenvalue weighted by atomic mass is 16.3. The number of rotatable bonds is 4. The van der Waals surface area contributed by atoms with Crippen molar-refractivity contribution < 1.29 is 30.0 Å². The molecule has 1 aromatic rings. The van der Waals surface area contributed by atoms with Gasteiger partial charge in [-0.25, -0.2) is 0 Å². The van der Waals surface area contributed by atoms with Crippen molar-refractivity contribution in [3.05, 3.63) is 45.7 Å². The Hall–Kier alpha value is -3.32. The first-order chi connectivity index (χ1) is 18.6. The number of likely N-dealkylation sites (N-methyl/N-ethyl adjacent to an activating group) is 1. The van der Waals surface area contributed by atoms with Crippen molar-refractivity contribution in [1.82, 2.24) is 9.80 Å². The molecule has 2 fully saturated rings. The van der Waals surface area contributed by atoms with Gasteiger partial charge < -0.3 is 31.1 Å². The number of phenolic OH excluding ortho intramolecular Hbond substituents is 1. The van der Waals surface area contributed by atoms with Gasteiger partial charge in [0, 0.05) is 24.1 Å². The summed E-state index contributed by atoms with van der Waals surface area (Å²) in [4.78, 5) is 30.1. The molecule has 0 bridgehead atoms. The van der Waals surface area contributed by atoms with Crippen LogP contribution in [-0.2, 0) is 16.0 Å². The Morgan fingerprint density at radius 2 is 1.87 bits per heavy atom. The summed E-state index contributed by atoms with van der Waals surface area (Å²) in [5.41, 5.74) is 6.82. The molecule has 3 aliphatic carbocycles. The Morgan fingerprint density at radius 3 is 2.54 bits per heavy atom. The number of nitrogens with two attached hydrogens (primary N) is 1. The number of primary amides is 1. The van der Waals surface area contributed by atoms with Crippen molar-refractivity contribution in [1.29, 1.82) is 0 Å². The maximum Gasteiger partial charge on any atom is 0.250 e. The molecule has 1 amide bonds. The first-order valence-electron chi connectivity index (χ1n) is 13.7. The molecule has 1 saturated carbocycles. The van der Waals surface area contributed by atoms with E-state index in [0.29, 0.717) is 30.4 Å². The van der Waals surface area contributed by atoms with Crippen LogP contribution in [-0.4, -0.2) is 87.8 Å². The Bertz CT molecular complexity index is 1310. The van der Waals surface area contributed by atoms with E-state index in [1.165, 1.54) is 25.3 Å². The van der Waals surface area contributed by atoms with Gasteiger partial charge in [-0.2, -0.15) is 0 Å². The summed E-state index contributed by atoms with van der Waals surface area (Å²) in [6.07, 6.45) is 3.59. The molecule has 9 heteroatoms. The van der Waals surface area contributed by atoms with Gasteiger partial charge in [-0.1, -0.05) is 18.3 Å². The highest BCUT2D eigenvalue weighted by molar-refractivity contribution is 6.07. The van der Waals surface area contributed by atoms with Crippen molar-refractivity contribution in [2.45, 2.75) is 50.7 Å². The summed E-state index contributed by atoms with van der Waals surface area (Å²) in [6, 6.07) is 2.52. The molecule has 1 aromatic carbocycles. The molecule has 0 spiro atoms. The number of carbonyl (C=O) groups excluding carboxylic acids is 2. The van der Waals surface area contributed by atoms with E-state index < -0.39 is 41.6 Å². The Balaban J connectivity index is 1.50. The van der Waals surface area contributed by atoms with E-state index in [1.807, 2.05) is 0 Å². The SMILES string of the molecule is CN(C)[C@@H]1C(O)=C(C(N)=O)C(O)C2C(=O)C3=C(O)c4c(O)ccc(C#CCCN5CCCCC5)c4CC3CC21. The van der Waals surface area contributed by atoms with Gasteiger partial charge in [0.05, 0.1) is 29.2 Å². The van der Waals surface area contributed by atoms with E-state index in [4.69, 9.17) is 5.73 Å². The average Bonchev–Trinajstić information content (AvgIpc) is 2.87. The molecule has 4 aliphatic rings. The fourth-order valence-electron chi connectivity index (χ4n) is 7.12.